The second-order valence-corrected chi connectivity index (χ2v) is 5.48. The van der Waals surface area contributed by atoms with Crippen LogP contribution in [0.1, 0.15) is 21.6 Å². The van der Waals surface area contributed by atoms with Crippen molar-refractivity contribution in [3.05, 3.63) is 89.7 Å². The molecule has 1 amide bonds. The number of nitrogens with two attached hydrogens (primary N) is 1. The summed E-state index contributed by atoms with van der Waals surface area (Å²) in [6.07, 6.45) is 1.64. The summed E-state index contributed by atoms with van der Waals surface area (Å²) >= 11 is 0. The third kappa shape index (κ3) is 3.80. The fourth-order valence-electron chi connectivity index (χ4n) is 2.51. The SMILES string of the molecule is Nc1c[nH]c(C(=O)N(Cc2ccccc2)Cc2ccccc2)c1. The highest BCUT2D eigenvalue weighted by atomic mass is 16.2. The molecule has 0 aliphatic rings. The fraction of sp³-hybridized carbons (Fsp3) is 0.105. The summed E-state index contributed by atoms with van der Waals surface area (Å²) in [7, 11) is 0. The van der Waals surface area contributed by atoms with Gasteiger partial charge in [0.2, 0.25) is 0 Å². The van der Waals surface area contributed by atoms with Crippen molar-refractivity contribution in [2.75, 3.05) is 5.73 Å². The summed E-state index contributed by atoms with van der Waals surface area (Å²) in [5, 5.41) is 0. The van der Waals surface area contributed by atoms with Gasteiger partial charge in [0.25, 0.3) is 5.91 Å². The predicted molar refractivity (Wildman–Crippen MR) is 91.7 cm³/mol. The van der Waals surface area contributed by atoms with E-state index >= 15 is 0 Å². The lowest BCUT2D eigenvalue weighted by Crippen LogP contribution is -2.30. The van der Waals surface area contributed by atoms with Crippen LogP contribution in [0.5, 0.6) is 0 Å². The molecule has 1 heterocycles. The Labute approximate surface area is 135 Å². The van der Waals surface area contributed by atoms with E-state index in [1.54, 1.807) is 12.3 Å². The van der Waals surface area contributed by atoms with E-state index in [2.05, 4.69) is 4.98 Å². The maximum atomic E-state index is 12.8. The second kappa shape index (κ2) is 6.83. The highest BCUT2D eigenvalue weighted by Gasteiger charge is 2.18. The predicted octanol–water partition coefficient (Wildman–Crippen LogP) is 3.44. The first-order valence-electron chi connectivity index (χ1n) is 7.53. The number of nitrogens with zero attached hydrogens (tertiary/aromatic N) is 1. The van der Waals surface area contributed by atoms with Gasteiger partial charge in [-0.05, 0) is 17.2 Å². The second-order valence-electron chi connectivity index (χ2n) is 5.48. The van der Waals surface area contributed by atoms with Crippen molar-refractivity contribution in [2.45, 2.75) is 13.1 Å². The molecule has 116 valence electrons. The third-order valence-corrected chi connectivity index (χ3v) is 3.66. The first-order chi connectivity index (χ1) is 11.2. The minimum absolute atomic E-state index is 0.0607. The Morgan fingerprint density at radius 2 is 1.43 bits per heavy atom. The Morgan fingerprint density at radius 3 is 1.87 bits per heavy atom. The van der Waals surface area contributed by atoms with Gasteiger partial charge in [0.15, 0.2) is 0 Å². The monoisotopic (exact) mass is 305 g/mol. The third-order valence-electron chi connectivity index (χ3n) is 3.66. The topological polar surface area (TPSA) is 62.1 Å². The van der Waals surface area contributed by atoms with Gasteiger partial charge in [-0.3, -0.25) is 4.79 Å². The quantitative estimate of drug-likeness (QED) is 0.758. The number of carbonyl (C=O) groups excluding carboxylic acids is 1. The standard InChI is InChI=1S/C19H19N3O/c20-17-11-18(21-12-17)19(23)22(13-15-7-3-1-4-8-15)14-16-9-5-2-6-10-16/h1-12,21H,13-14,20H2. The van der Waals surface area contributed by atoms with Crippen LogP contribution < -0.4 is 5.73 Å². The molecule has 3 N–H and O–H groups in total. The van der Waals surface area contributed by atoms with Crippen LogP contribution in [0.25, 0.3) is 0 Å². The summed E-state index contributed by atoms with van der Waals surface area (Å²) < 4.78 is 0. The number of nitrogen functional groups attached to an aromatic ring is 1. The van der Waals surface area contributed by atoms with Gasteiger partial charge in [-0.15, -0.1) is 0 Å². The molecule has 0 saturated carbocycles. The summed E-state index contributed by atoms with van der Waals surface area (Å²) in [5.74, 6) is -0.0607. The zero-order valence-electron chi connectivity index (χ0n) is 12.8. The van der Waals surface area contributed by atoms with Gasteiger partial charge in [0, 0.05) is 25.0 Å². The van der Waals surface area contributed by atoms with Crippen molar-refractivity contribution in [2.24, 2.45) is 0 Å². The lowest BCUT2D eigenvalue weighted by molar-refractivity contribution is 0.0725. The highest BCUT2D eigenvalue weighted by Crippen LogP contribution is 2.15. The number of amides is 1. The van der Waals surface area contributed by atoms with E-state index in [0.29, 0.717) is 24.5 Å². The van der Waals surface area contributed by atoms with Crippen LogP contribution in [-0.2, 0) is 13.1 Å². The zero-order valence-corrected chi connectivity index (χ0v) is 12.8. The Hall–Kier alpha value is -3.01. The van der Waals surface area contributed by atoms with Crippen LogP contribution in [-0.4, -0.2) is 15.8 Å². The molecule has 0 fully saturated rings. The molecule has 1 aromatic heterocycles. The highest BCUT2D eigenvalue weighted by molar-refractivity contribution is 5.93. The van der Waals surface area contributed by atoms with Crippen molar-refractivity contribution in [3.8, 4) is 0 Å². The van der Waals surface area contributed by atoms with Gasteiger partial charge in [-0.1, -0.05) is 60.7 Å². The van der Waals surface area contributed by atoms with Crippen LogP contribution in [0.4, 0.5) is 5.69 Å². The average Bonchev–Trinajstić information content (AvgIpc) is 3.02. The fourth-order valence-corrected chi connectivity index (χ4v) is 2.51. The van der Waals surface area contributed by atoms with Gasteiger partial charge in [0.05, 0.1) is 0 Å². The first-order valence-corrected chi connectivity index (χ1v) is 7.53. The Morgan fingerprint density at radius 1 is 0.913 bits per heavy atom. The van der Waals surface area contributed by atoms with E-state index in [1.807, 2.05) is 65.6 Å². The van der Waals surface area contributed by atoms with Crippen molar-refractivity contribution in [3.63, 3.8) is 0 Å². The summed E-state index contributed by atoms with van der Waals surface area (Å²) in [6, 6.07) is 21.6. The number of hydrogen-bond acceptors (Lipinski definition) is 2. The van der Waals surface area contributed by atoms with E-state index < -0.39 is 0 Å². The van der Waals surface area contributed by atoms with Crippen LogP contribution in [0, 0.1) is 0 Å². The van der Waals surface area contributed by atoms with Crippen molar-refractivity contribution < 1.29 is 4.79 Å². The lowest BCUT2D eigenvalue weighted by atomic mass is 10.1. The van der Waals surface area contributed by atoms with E-state index in [9.17, 15) is 4.79 Å². The Balaban J connectivity index is 1.84. The maximum absolute atomic E-state index is 12.8. The zero-order chi connectivity index (χ0) is 16.1. The molecular weight excluding hydrogens is 286 g/mol. The summed E-state index contributed by atoms with van der Waals surface area (Å²) in [6.45, 7) is 1.10. The number of hydrogen-bond donors (Lipinski definition) is 2. The van der Waals surface area contributed by atoms with Crippen molar-refractivity contribution in [1.82, 2.24) is 9.88 Å². The number of H-pyrrole nitrogens is 1. The first kappa shape index (κ1) is 14.9. The summed E-state index contributed by atoms with van der Waals surface area (Å²) in [4.78, 5) is 17.6. The molecule has 0 radical (unpaired) electrons. The minimum atomic E-state index is -0.0607. The molecule has 0 aliphatic carbocycles. The van der Waals surface area contributed by atoms with Crippen LogP contribution in [0.3, 0.4) is 0 Å². The van der Waals surface area contributed by atoms with E-state index in [4.69, 9.17) is 5.73 Å². The number of aromatic amines is 1. The van der Waals surface area contributed by atoms with Gasteiger partial charge >= 0.3 is 0 Å². The molecule has 0 bridgehead atoms. The minimum Gasteiger partial charge on any atom is -0.397 e. The van der Waals surface area contributed by atoms with Crippen molar-refractivity contribution >= 4 is 11.6 Å². The number of rotatable bonds is 5. The van der Waals surface area contributed by atoms with Gasteiger partial charge in [-0.25, -0.2) is 0 Å². The van der Waals surface area contributed by atoms with E-state index in [1.165, 1.54) is 0 Å². The average molecular weight is 305 g/mol. The number of carbonyl (C=O) groups is 1. The Kier molecular flexibility index (Phi) is 4.43. The molecule has 3 aromatic rings. The molecular formula is C19H19N3O. The maximum Gasteiger partial charge on any atom is 0.270 e. The lowest BCUT2D eigenvalue weighted by Gasteiger charge is -2.22. The molecule has 0 saturated heterocycles. The number of aromatic nitrogens is 1. The molecule has 4 nitrogen and oxygen atoms in total. The number of anilines is 1. The molecule has 4 heteroatoms. The molecule has 0 unspecified atom stereocenters. The number of benzene rings is 2. The largest absolute Gasteiger partial charge is 0.397 e. The van der Waals surface area contributed by atoms with Crippen LogP contribution in [0.15, 0.2) is 72.9 Å². The molecule has 0 spiro atoms. The van der Waals surface area contributed by atoms with Gasteiger partial charge in [0.1, 0.15) is 5.69 Å². The molecule has 23 heavy (non-hydrogen) atoms. The van der Waals surface area contributed by atoms with E-state index in [-0.39, 0.29) is 5.91 Å². The Bertz CT molecular complexity index is 724. The van der Waals surface area contributed by atoms with E-state index in [0.717, 1.165) is 11.1 Å². The smallest absolute Gasteiger partial charge is 0.270 e. The van der Waals surface area contributed by atoms with Crippen LogP contribution >= 0.6 is 0 Å². The summed E-state index contributed by atoms with van der Waals surface area (Å²) in [5.41, 5.74) is 8.98. The van der Waals surface area contributed by atoms with Crippen LogP contribution in [0.2, 0.25) is 0 Å². The number of nitrogens with one attached hydrogen (secondary N) is 1. The molecule has 0 atom stereocenters. The van der Waals surface area contributed by atoms with Gasteiger partial charge < -0.3 is 15.6 Å². The molecule has 2 aromatic carbocycles. The molecule has 3 rings (SSSR count). The van der Waals surface area contributed by atoms with Crippen molar-refractivity contribution in [1.29, 1.82) is 0 Å². The normalized spacial score (nSPS) is 10.4. The van der Waals surface area contributed by atoms with Gasteiger partial charge in [-0.2, -0.15) is 0 Å². The molecule has 0 aliphatic heterocycles.